The van der Waals surface area contributed by atoms with E-state index in [4.69, 9.17) is 34.8 Å². The molecule has 1 nitrogen and oxygen atoms in total. The Balaban J connectivity index is 1.88. The largest absolute Gasteiger partial charge is 0.236 e. The summed E-state index contributed by atoms with van der Waals surface area (Å²) < 4.78 is 0. The molecule has 0 saturated carbocycles. The first kappa shape index (κ1) is 15.0. The van der Waals surface area contributed by atoms with Gasteiger partial charge in [-0.2, -0.15) is 0 Å². The Hall–Kier alpha value is -0.930. The van der Waals surface area contributed by atoms with Crippen LogP contribution in [-0.4, -0.2) is 4.98 Å². The van der Waals surface area contributed by atoms with Crippen LogP contribution >= 0.6 is 46.6 Å². The Labute approximate surface area is 142 Å². The van der Waals surface area contributed by atoms with Crippen LogP contribution < -0.4 is 0 Å². The number of fused-ring (bicyclic) bond motifs is 1. The van der Waals surface area contributed by atoms with Gasteiger partial charge in [0, 0.05) is 26.6 Å². The monoisotopic (exact) mass is 353 g/mol. The molecule has 0 fully saturated rings. The highest BCUT2D eigenvalue weighted by atomic mass is 35.5. The molecule has 0 saturated heterocycles. The van der Waals surface area contributed by atoms with E-state index in [1.807, 2.05) is 30.3 Å². The van der Waals surface area contributed by atoms with Crippen LogP contribution in [0.5, 0.6) is 0 Å². The Kier molecular flexibility index (Phi) is 4.60. The minimum atomic E-state index is 0.527. The average Bonchev–Trinajstić information content (AvgIpc) is 2.48. The third kappa shape index (κ3) is 3.46. The zero-order valence-electron chi connectivity index (χ0n) is 10.8. The summed E-state index contributed by atoms with van der Waals surface area (Å²) in [7, 11) is 0. The van der Waals surface area contributed by atoms with Gasteiger partial charge >= 0.3 is 0 Å². The van der Waals surface area contributed by atoms with Crippen molar-refractivity contribution in [3.63, 3.8) is 0 Å². The molecule has 0 radical (unpaired) electrons. The zero-order chi connectivity index (χ0) is 14.8. The molecular formula is C16H10Cl3NS. The van der Waals surface area contributed by atoms with E-state index in [2.05, 4.69) is 11.1 Å². The second-order valence-corrected chi connectivity index (χ2v) is 6.71. The van der Waals surface area contributed by atoms with Crippen molar-refractivity contribution in [2.45, 2.75) is 10.6 Å². The molecule has 0 amide bonds. The second-order valence-electron chi connectivity index (χ2n) is 4.49. The average molecular weight is 355 g/mol. The van der Waals surface area contributed by atoms with Crippen LogP contribution in [0, 0.1) is 0 Å². The number of pyridine rings is 1. The van der Waals surface area contributed by atoms with Gasteiger partial charge in [-0.25, -0.2) is 4.98 Å². The topological polar surface area (TPSA) is 12.9 Å². The van der Waals surface area contributed by atoms with Crippen LogP contribution in [0.25, 0.3) is 10.9 Å². The maximum atomic E-state index is 6.26. The summed E-state index contributed by atoms with van der Waals surface area (Å²) in [5.74, 6) is 0.691. The molecule has 21 heavy (non-hydrogen) atoms. The maximum absolute atomic E-state index is 6.26. The smallest absolute Gasteiger partial charge is 0.133 e. The van der Waals surface area contributed by atoms with Gasteiger partial charge in [-0.3, -0.25) is 0 Å². The van der Waals surface area contributed by atoms with E-state index in [-0.39, 0.29) is 0 Å². The Morgan fingerprint density at radius 2 is 1.76 bits per heavy atom. The maximum Gasteiger partial charge on any atom is 0.133 e. The van der Waals surface area contributed by atoms with Crippen molar-refractivity contribution in [3.05, 3.63) is 69.3 Å². The number of hydrogen-bond donors (Lipinski definition) is 0. The third-order valence-corrected chi connectivity index (χ3v) is 5.13. The molecule has 2 aromatic carbocycles. The van der Waals surface area contributed by atoms with Crippen molar-refractivity contribution >= 4 is 57.5 Å². The number of thioether (sulfide) groups is 1. The predicted octanol–water partition coefficient (Wildman–Crippen LogP) is 6.49. The fourth-order valence-electron chi connectivity index (χ4n) is 1.98. The van der Waals surface area contributed by atoms with Gasteiger partial charge in [-0.05, 0) is 30.3 Å². The van der Waals surface area contributed by atoms with Gasteiger partial charge in [0.2, 0.25) is 0 Å². The number of para-hydroxylation sites is 1. The number of aromatic nitrogens is 1. The number of hydrogen-bond acceptors (Lipinski definition) is 2. The number of rotatable bonds is 3. The lowest BCUT2D eigenvalue weighted by Crippen LogP contribution is -1.89. The molecule has 0 aliphatic rings. The summed E-state index contributed by atoms with van der Waals surface area (Å²) in [5, 5.41) is 2.97. The first-order valence-corrected chi connectivity index (χ1v) is 8.37. The molecule has 0 bridgehead atoms. The Bertz CT molecular complexity index is 805. The molecule has 3 rings (SSSR count). The summed E-state index contributed by atoms with van der Waals surface area (Å²) in [4.78, 5) is 5.36. The van der Waals surface area contributed by atoms with Crippen molar-refractivity contribution in [1.29, 1.82) is 0 Å². The summed E-state index contributed by atoms with van der Waals surface area (Å²) in [5.41, 5.74) is 1.88. The van der Waals surface area contributed by atoms with Crippen LogP contribution in [0.1, 0.15) is 5.56 Å². The van der Waals surface area contributed by atoms with Crippen LogP contribution in [0.15, 0.2) is 53.4 Å². The summed E-state index contributed by atoms with van der Waals surface area (Å²) in [6.07, 6.45) is 0. The highest BCUT2D eigenvalue weighted by Crippen LogP contribution is 2.33. The van der Waals surface area contributed by atoms with E-state index in [0.29, 0.717) is 21.0 Å². The highest BCUT2D eigenvalue weighted by Gasteiger charge is 2.08. The fourth-order valence-corrected chi connectivity index (χ4v) is 3.74. The normalized spacial score (nSPS) is 11.0. The summed E-state index contributed by atoms with van der Waals surface area (Å²) in [6.45, 7) is 0. The van der Waals surface area contributed by atoms with Crippen molar-refractivity contribution in [3.8, 4) is 0 Å². The van der Waals surface area contributed by atoms with Gasteiger partial charge in [-0.1, -0.05) is 53.0 Å². The molecule has 3 aromatic rings. The molecular weight excluding hydrogens is 345 g/mol. The summed E-state index contributed by atoms with van der Waals surface area (Å²) >= 11 is 20.0. The lowest BCUT2D eigenvalue weighted by atomic mass is 10.2. The first-order chi connectivity index (χ1) is 10.1. The number of halogens is 3. The third-order valence-electron chi connectivity index (χ3n) is 3.03. The van der Waals surface area contributed by atoms with Gasteiger partial charge in [0.15, 0.2) is 0 Å². The Morgan fingerprint density at radius 1 is 0.952 bits per heavy atom. The molecule has 1 heterocycles. The van der Waals surface area contributed by atoms with E-state index in [1.165, 1.54) is 0 Å². The van der Waals surface area contributed by atoms with Gasteiger partial charge in [-0.15, -0.1) is 11.8 Å². The van der Waals surface area contributed by atoms with Crippen LogP contribution in [0.3, 0.4) is 0 Å². The molecule has 0 N–H and O–H groups in total. The van der Waals surface area contributed by atoms with Crippen LogP contribution in [0.4, 0.5) is 0 Å². The SMILES string of the molecule is Clc1ccc(Cl)c(SCc2cc3ccccc3nc2Cl)c1. The molecule has 0 atom stereocenters. The molecule has 0 aliphatic carbocycles. The van der Waals surface area contributed by atoms with Crippen LogP contribution in [0.2, 0.25) is 15.2 Å². The molecule has 106 valence electrons. The summed E-state index contributed by atoms with van der Waals surface area (Å²) in [6, 6.07) is 15.4. The number of nitrogens with zero attached hydrogens (tertiary/aromatic N) is 1. The van der Waals surface area contributed by atoms with Crippen molar-refractivity contribution in [2.75, 3.05) is 0 Å². The van der Waals surface area contributed by atoms with Gasteiger partial charge < -0.3 is 0 Å². The standard InChI is InChI=1S/C16H10Cl3NS/c17-12-5-6-13(18)15(8-12)21-9-11-7-10-3-1-2-4-14(10)20-16(11)19/h1-8H,9H2. The molecule has 0 spiro atoms. The first-order valence-electron chi connectivity index (χ1n) is 6.25. The highest BCUT2D eigenvalue weighted by molar-refractivity contribution is 7.98. The molecule has 5 heteroatoms. The van der Waals surface area contributed by atoms with Crippen molar-refractivity contribution in [1.82, 2.24) is 4.98 Å². The minimum Gasteiger partial charge on any atom is -0.236 e. The lowest BCUT2D eigenvalue weighted by Gasteiger charge is -2.07. The fraction of sp³-hybridized carbons (Fsp3) is 0.0625. The van der Waals surface area contributed by atoms with Gasteiger partial charge in [0.1, 0.15) is 5.15 Å². The van der Waals surface area contributed by atoms with E-state index in [1.54, 1.807) is 23.9 Å². The lowest BCUT2D eigenvalue weighted by molar-refractivity contribution is 1.30. The molecule has 0 aliphatic heterocycles. The zero-order valence-corrected chi connectivity index (χ0v) is 13.9. The Morgan fingerprint density at radius 3 is 2.62 bits per heavy atom. The van der Waals surface area contributed by atoms with Crippen molar-refractivity contribution in [2.24, 2.45) is 0 Å². The van der Waals surface area contributed by atoms with E-state index in [9.17, 15) is 0 Å². The molecule has 1 aromatic heterocycles. The minimum absolute atomic E-state index is 0.527. The predicted molar refractivity (Wildman–Crippen MR) is 92.8 cm³/mol. The number of benzene rings is 2. The van der Waals surface area contributed by atoms with E-state index in [0.717, 1.165) is 21.4 Å². The van der Waals surface area contributed by atoms with Crippen LogP contribution in [-0.2, 0) is 5.75 Å². The molecule has 0 unspecified atom stereocenters. The second kappa shape index (κ2) is 6.45. The van der Waals surface area contributed by atoms with Crippen molar-refractivity contribution < 1.29 is 0 Å². The van der Waals surface area contributed by atoms with Gasteiger partial charge in [0.05, 0.1) is 10.5 Å². The van der Waals surface area contributed by atoms with E-state index < -0.39 is 0 Å². The quantitative estimate of drug-likeness (QED) is 0.394. The van der Waals surface area contributed by atoms with E-state index >= 15 is 0 Å². The van der Waals surface area contributed by atoms with Gasteiger partial charge in [0.25, 0.3) is 0 Å².